The third kappa shape index (κ3) is 4.77. The van der Waals surface area contributed by atoms with Crippen molar-refractivity contribution in [1.82, 2.24) is 15.1 Å². The number of ether oxygens (including phenoxy) is 2. The lowest BCUT2D eigenvalue weighted by atomic mass is 9.78. The molecular formula is C28H41N3O7. The Balaban J connectivity index is 1.85. The van der Waals surface area contributed by atoms with Crippen molar-refractivity contribution in [3.63, 3.8) is 0 Å². The van der Waals surface area contributed by atoms with Crippen molar-refractivity contribution in [3.05, 3.63) is 24.3 Å². The molecule has 10 nitrogen and oxygen atoms in total. The zero-order chi connectivity index (χ0) is 27.8. The van der Waals surface area contributed by atoms with Crippen LogP contribution in [0.2, 0.25) is 0 Å². The predicted molar refractivity (Wildman–Crippen MR) is 138 cm³/mol. The topological polar surface area (TPSA) is 125 Å². The fourth-order valence-corrected chi connectivity index (χ4v) is 6.26. The van der Waals surface area contributed by atoms with Crippen LogP contribution in [0, 0.1) is 17.8 Å². The molecule has 210 valence electrons. The number of aliphatic hydroxyl groups excluding tert-OH is 1. The Bertz CT molecular complexity index is 1010. The van der Waals surface area contributed by atoms with Crippen molar-refractivity contribution >= 4 is 23.7 Å². The number of nitrogens with one attached hydrogen (secondary N) is 1. The molecule has 0 aliphatic carbocycles. The number of allylic oxidation sites excluding steroid dienone is 1. The first-order valence-electron chi connectivity index (χ1n) is 13.8. The third-order valence-electron chi connectivity index (χ3n) is 8.47. The Morgan fingerprint density at radius 1 is 1.16 bits per heavy atom. The summed E-state index contributed by atoms with van der Waals surface area (Å²) in [5.74, 6) is -3.46. The van der Waals surface area contributed by atoms with Gasteiger partial charge in [-0.15, -0.1) is 0 Å². The maximum absolute atomic E-state index is 14.3. The van der Waals surface area contributed by atoms with E-state index in [-0.39, 0.29) is 49.3 Å². The Labute approximate surface area is 224 Å². The maximum atomic E-state index is 14.3. The summed E-state index contributed by atoms with van der Waals surface area (Å²) in [6, 6.07) is -1.77. The molecule has 4 rings (SSSR count). The Morgan fingerprint density at radius 3 is 2.55 bits per heavy atom. The second kappa shape index (κ2) is 11.2. The Morgan fingerprint density at radius 2 is 1.89 bits per heavy atom. The number of rotatable bonds is 5. The van der Waals surface area contributed by atoms with Crippen LogP contribution in [0.4, 0.5) is 0 Å². The number of hydrogen-bond acceptors (Lipinski definition) is 7. The van der Waals surface area contributed by atoms with Gasteiger partial charge in [-0.25, -0.2) is 0 Å². The number of aliphatic hydroxyl groups is 1. The molecule has 0 bridgehead atoms. The van der Waals surface area contributed by atoms with Crippen molar-refractivity contribution < 1.29 is 33.8 Å². The summed E-state index contributed by atoms with van der Waals surface area (Å²) in [7, 11) is 0. The molecule has 2 fully saturated rings. The zero-order valence-corrected chi connectivity index (χ0v) is 23.0. The van der Waals surface area contributed by atoms with Crippen LogP contribution in [0.15, 0.2) is 24.3 Å². The van der Waals surface area contributed by atoms with E-state index in [1.807, 2.05) is 33.8 Å². The standard InChI is InChI=1S/C28H41N3O7/c1-6-17(4)19(15-32)31-24-26(35)30(16(2)3)13-9-12-28(24)23(25(31)34)22-20(38-28)10-7-8-11-21(33)29-14-18(5)37-27(22)36/h7,9-10,12,16-20,22-24,32H,6,8,11,13-15H2,1-5H3,(H,29,33)/b10-7-/t17-,18+,19-,20+,22-,23-,24+,28-/m0/s1. The van der Waals surface area contributed by atoms with Crippen LogP contribution in [0.5, 0.6) is 0 Å². The minimum atomic E-state index is -1.39. The summed E-state index contributed by atoms with van der Waals surface area (Å²) in [5, 5.41) is 13.2. The van der Waals surface area contributed by atoms with Gasteiger partial charge in [0.05, 0.1) is 31.2 Å². The van der Waals surface area contributed by atoms with Gasteiger partial charge in [-0.05, 0) is 33.1 Å². The quantitative estimate of drug-likeness (QED) is 0.403. The van der Waals surface area contributed by atoms with Crippen LogP contribution in [0.1, 0.15) is 53.9 Å². The molecule has 0 saturated carbocycles. The van der Waals surface area contributed by atoms with Gasteiger partial charge in [-0.1, -0.05) is 44.6 Å². The van der Waals surface area contributed by atoms with Gasteiger partial charge in [0, 0.05) is 19.0 Å². The molecule has 10 heteroatoms. The minimum absolute atomic E-state index is 0.0880. The minimum Gasteiger partial charge on any atom is -0.460 e. The van der Waals surface area contributed by atoms with E-state index in [9.17, 15) is 24.3 Å². The molecule has 0 aromatic heterocycles. The van der Waals surface area contributed by atoms with Crippen LogP contribution in [0.25, 0.3) is 0 Å². The number of fused-ring (bicyclic) bond motifs is 2. The number of carbonyl (C=O) groups is 4. The van der Waals surface area contributed by atoms with Crippen molar-refractivity contribution in [2.75, 3.05) is 19.7 Å². The largest absolute Gasteiger partial charge is 0.460 e. The summed E-state index contributed by atoms with van der Waals surface area (Å²) >= 11 is 0. The van der Waals surface area contributed by atoms with E-state index >= 15 is 0 Å². The van der Waals surface area contributed by atoms with E-state index in [2.05, 4.69) is 5.32 Å². The summed E-state index contributed by atoms with van der Waals surface area (Å²) < 4.78 is 12.4. The molecule has 0 aromatic carbocycles. The number of carbonyl (C=O) groups excluding carboxylic acids is 4. The molecule has 38 heavy (non-hydrogen) atoms. The molecule has 8 atom stereocenters. The number of likely N-dealkylation sites (tertiary alicyclic amines) is 1. The molecular weight excluding hydrogens is 490 g/mol. The number of cyclic esters (lactones) is 1. The van der Waals surface area contributed by atoms with Gasteiger partial charge in [0.15, 0.2) is 0 Å². The lowest BCUT2D eigenvalue weighted by Crippen LogP contribution is -2.60. The van der Waals surface area contributed by atoms with Gasteiger partial charge in [-0.3, -0.25) is 19.2 Å². The number of nitrogens with zero attached hydrogens (tertiary/aromatic N) is 2. The van der Waals surface area contributed by atoms with Gasteiger partial charge < -0.3 is 29.7 Å². The number of hydrogen-bond donors (Lipinski definition) is 2. The molecule has 3 amide bonds. The molecule has 0 unspecified atom stereocenters. The lowest BCUT2D eigenvalue weighted by Gasteiger charge is -2.41. The van der Waals surface area contributed by atoms with Gasteiger partial charge in [0.2, 0.25) is 17.7 Å². The first kappa shape index (κ1) is 28.3. The van der Waals surface area contributed by atoms with Gasteiger partial charge in [-0.2, -0.15) is 0 Å². The average Bonchev–Trinajstić information content (AvgIpc) is 3.25. The van der Waals surface area contributed by atoms with Gasteiger partial charge in [0.1, 0.15) is 23.7 Å². The van der Waals surface area contributed by atoms with E-state index in [0.717, 1.165) is 0 Å². The molecule has 2 N–H and O–H groups in total. The van der Waals surface area contributed by atoms with Crippen LogP contribution in [-0.2, 0) is 28.7 Å². The number of esters is 1. The molecule has 1 spiro atoms. The maximum Gasteiger partial charge on any atom is 0.313 e. The number of amides is 3. The van der Waals surface area contributed by atoms with Crippen LogP contribution < -0.4 is 5.32 Å². The van der Waals surface area contributed by atoms with E-state index in [0.29, 0.717) is 19.4 Å². The van der Waals surface area contributed by atoms with Crippen molar-refractivity contribution in [2.45, 2.75) is 89.8 Å². The zero-order valence-electron chi connectivity index (χ0n) is 23.0. The highest BCUT2D eigenvalue weighted by Gasteiger charge is 2.72. The molecule has 0 radical (unpaired) electrons. The fourth-order valence-electron chi connectivity index (χ4n) is 6.26. The van der Waals surface area contributed by atoms with Crippen molar-refractivity contribution in [3.8, 4) is 0 Å². The molecule has 4 aliphatic heterocycles. The van der Waals surface area contributed by atoms with E-state index in [1.165, 1.54) is 4.90 Å². The average molecular weight is 532 g/mol. The lowest BCUT2D eigenvalue weighted by molar-refractivity contribution is -0.160. The second-order valence-electron chi connectivity index (χ2n) is 11.2. The van der Waals surface area contributed by atoms with Crippen LogP contribution >= 0.6 is 0 Å². The highest BCUT2D eigenvalue weighted by Crippen LogP contribution is 2.54. The summed E-state index contributed by atoms with van der Waals surface area (Å²) in [5.41, 5.74) is -1.39. The highest BCUT2D eigenvalue weighted by atomic mass is 16.6. The van der Waals surface area contributed by atoms with E-state index < -0.39 is 47.7 Å². The smallest absolute Gasteiger partial charge is 0.313 e. The summed E-state index contributed by atoms with van der Waals surface area (Å²) in [4.78, 5) is 57.4. The third-order valence-corrected chi connectivity index (χ3v) is 8.47. The fraction of sp³-hybridized carbons (Fsp3) is 0.714. The Kier molecular flexibility index (Phi) is 8.32. The van der Waals surface area contributed by atoms with Crippen molar-refractivity contribution in [2.24, 2.45) is 17.8 Å². The van der Waals surface area contributed by atoms with Crippen LogP contribution in [-0.4, -0.2) is 94.2 Å². The van der Waals surface area contributed by atoms with E-state index in [1.54, 1.807) is 30.1 Å². The normalized spacial score (nSPS) is 36.3. The summed E-state index contributed by atoms with van der Waals surface area (Å²) in [6.07, 6.45) is 7.11. The predicted octanol–water partition coefficient (Wildman–Crippen LogP) is 1.18. The molecule has 2 saturated heterocycles. The molecule has 4 heterocycles. The second-order valence-corrected chi connectivity index (χ2v) is 11.2. The first-order valence-corrected chi connectivity index (χ1v) is 13.8. The highest BCUT2D eigenvalue weighted by molar-refractivity contribution is 5.99. The molecule has 4 aliphatic rings. The SMILES string of the molecule is CC[C@H](C)[C@H](CO)N1C(=O)[C@@H]2[C@H]3C(=O)O[C@H](C)CNC(=O)CC/C=C\[C@H]3O[C@@]23C=CCN(C(C)C)C(=O)[C@@H]13. The summed E-state index contributed by atoms with van der Waals surface area (Å²) in [6.45, 7) is 9.63. The van der Waals surface area contributed by atoms with Gasteiger partial charge in [0.25, 0.3) is 0 Å². The molecule has 0 aromatic rings. The first-order chi connectivity index (χ1) is 18.1. The van der Waals surface area contributed by atoms with Gasteiger partial charge >= 0.3 is 5.97 Å². The van der Waals surface area contributed by atoms with Crippen LogP contribution in [0.3, 0.4) is 0 Å². The Hall–Kier alpha value is -2.72. The monoisotopic (exact) mass is 531 g/mol. The van der Waals surface area contributed by atoms with Crippen molar-refractivity contribution in [1.29, 1.82) is 0 Å². The van der Waals surface area contributed by atoms with E-state index in [4.69, 9.17) is 9.47 Å².